The number of nitrogens with zero attached hydrogens (tertiary/aromatic N) is 4. The van der Waals surface area contributed by atoms with E-state index in [1.54, 1.807) is 0 Å². The molecule has 0 saturated carbocycles. The first kappa shape index (κ1) is 16.7. The molecule has 7 nitrogen and oxygen atoms in total. The molecule has 4 heterocycles. The summed E-state index contributed by atoms with van der Waals surface area (Å²) < 4.78 is 10.9. The third-order valence-corrected chi connectivity index (χ3v) is 5.33. The summed E-state index contributed by atoms with van der Waals surface area (Å²) >= 11 is 0. The van der Waals surface area contributed by atoms with Crippen LogP contribution in [0.4, 0.5) is 5.82 Å². The van der Waals surface area contributed by atoms with Crippen LogP contribution >= 0.6 is 0 Å². The lowest BCUT2D eigenvalue weighted by molar-refractivity contribution is -0.135. The van der Waals surface area contributed by atoms with Gasteiger partial charge in [-0.1, -0.05) is 0 Å². The molecule has 0 bridgehead atoms. The highest BCUT2D eigenvalue weighted by Crippen LogP contribution is 2.26. The molecule has 0 aromatic carbocycles. The minimum absolute atomic E-state index is 0.0350. The Labute approximate surface area is 148 Å². The van der Waals surface area contributed by atoms with E-state index in [-0.39, 0.29) is 11.8 Å². The number of aryl methyl sites for hydroxylation is 1. The third kappa shape index (κ3) is 3.48. The van der Waals surface area contributed by atoms with Crippen molar-refractivity contribution in [1.29, 1.82) is 0 Å². The minimum Gasteiger partial charge on any atom is -0.381 e. The molecule has 1 amide bonds. The zero-order valence-electron chi connectivity index (χ0n) is 14.9. The average Bonchev–Trinajstić information content (AvgIpc) is 3.09. The summed E-state index contributed by atoms with van der Waals surface area (Å²) in [5, 5.41) is 0. The highest BCUT2D eigenvalue weighted by atomic mass is 16.5. The van der Waals surface area contributed by atoms with Crippen LogP contribution in [0.5, 0.6) is 0 Å². The molecule has 136 valence electrons. The Morgan fingerprint density at radius 2 is 1.84 bits per heavy atom. The van der Waals surface area contributed by atoms with Crippen molar-refractivity contribution in [1.82, 2.24) is 14.9 Å². The summed E-state index contributed by atoms with van der Waals surface area (Å²) in [7, 11) is 0. The first-order valence-corrected chi connectivity index (χ1v) is 9.28. The molecular weight excluding hydrogens is 320 g/mol. The van der Waals surface area contributed by atoms with Crippen molar-refractivity contribution in [3.05, 3.63) is 17.1 Å². The molecule has 25 heavy (non-hydrogen) atoms. The number of hydrogen-bond donors (Lipinski definition) is 0. The van der Waals surface area contributed by atoms with Crippen molar-refractivity contribution >= 4 is 11.7 Å². The molecule has 3 aliphatic heterocycles. The van der Waals surface area contributed by atoms with Gasteiger partial charge in [-0.3, -0.25) is 4.79 Å². The molecular formula is C18H26N4O3. The van der Waals surface area contributed by atoms with E-state index in [4.69, 9.17) is 14.5 Å². The molecule has 7 heteroatoms. The van der Waals surface area contributed by atoms with Crippen LogP contribution in [-0.2, 0) is 27.1 Å². The van der Waals surface area contributed by atoms with Crippen LogP contribution in [0, 0.1) is 12.8 Å². The lowest BCUT2D eigenvalue weighted by Gasteiger charge is -2.30. The first-order valence-electron chi connectivity index (χ1n) is 9.28. The Morgan fingerprint density at radius 3 is 2.60 bits per heavy atom. The topological polar surface area (TPSA) is 67.8 Å². The number of ether oxygens (including phenoxy) is 2. The Morgan fingerprint density at radius 1 is 1.04 bits per heavy atom. The Balaban J connectivity index is 1.55. The van der Waals surface area contributed by atoms with E-state index in [9.17, 15) is 4.79 Å². The number of amides is 1. The molecule has 0 unspecified atom stereocenters. The molecule has 1 aromatic heterocycles. The predicted octanol–water partition coefficient (Wildman–Crippen LogP) is 0.585. The maximum absolute atomic E-state index is 12.7. The van der Waals surface area contributed by atoms with Gasteiger partial charge in [-0.25, -0.2) is 9.97 Å². The number of carbonyl (C=O) groups is 1. The molecule has 1 atom stereocenters. The highest BCUT2D eigenvalue weighted by Gasteiger charge is 2.30. The Kier molecular flexibility index (Phi) is 4.85. The van der Waals surface area contributed by atoms with Gasteiger partial charge < -0.3 is 19.3 Å². The minimum atomic E-state index is 0.0350. The molecule has 0 radical (unpaired) electrons. The van der Waals surface area contributed by atoms with Gasteiger partial charge in [0.2, 0.25) is 5.91 Å². The Bertz CT molecular complexity index is 639. The summed E-state index contributed by atoms with van der Waals surface area (Å²) in [5.41, 5.74) is 2.32. The number of rotatable bonds is 2. The summed E-state index contributed by atoms with van der Waals surface area (Å²) in [6.45, 7) is 7.92. The van der Waals surface area contributed by atoms with Crippen LogP contribution in [0.1, 0.15) is 23.5 Å². The normalized spacial score (nSPS) is 24.1. The number of morpholine rings is 1. The number of aromatic nitrogens is 2. The second-order valence-corrected chi connectivity index (χ2v) is 7.00. The van der Waals surface area contributed by atoms with Gasteiger partial charge in [0.1, 0.15) is 11.6 Å². The number of hydrogen-bond acceptors (Lipinski definition) is 6. The lowest BCUT2D eigenvalue weighted by atomic mass is 10.1. The van der Waals surface area contributed by atoms with Gasteiger partial charge in [-0.05, 0) is 19.8 Å². The van der Waals surface area contributed by atoms with Crippen molar-refractivity contribution in [2.75, 3.05) is 57.5 Å². The maximum Gasteiger partial charge on any atom is 0.228 e. The van der Waals surface area contributed by atoms with Gasteiger partial charge in [-0.2, -0.15) is 0 Å². The van der Waals surface area contributed by atoms with Crippen LogP contribution in [-0.4, -0.2) is 73.4 Å². The molecule has 2 fully saturated rings. The summed E-state index contributed by atoms with van der Waals surface area (Å²) in [5.74, 6) is 2.13. The fraction of sp³-hybridized carbons (Fsp3) is 0.722. The van der Waals surface area contributed by atoms with Gasteiger partial charge in [-0.15, -0.1) is 0 Å². The lowest BCUT2D eigenvalue weighted by Crippen LogP contribution is -2.38. The number of fused-ring (bicyclic) bond motifs is 1. The molecule has 3 aliphatic rings. The largest absolute Gasteiger partial charge is 0.381 e. The molecule has 0 aliphatic carbocycles. The van der Waals surface area contributed by atoms with Crippen molar-refractivity contribution in [2.24, 2.45) is 5.92 Å². The monoisotopic (exact) mass is 346 g/mol. The van der Waals surface area contributed by atoms with Gasteiger partial charge in [0.15, 0.2) is 0 Å². The second kappa shape index (κ2) is 7.25. The van der Waals surface area contributed by atoms with Crippen LogP contribution in [0.25, 0.3) is 0 Å². The fourth-order valence-corrected chi connectivity index (χ4v) is 3.94. The van der Waals surface area contributed by atoms with Gasteiger partial charge >= 0.3 is 0 Å². The number of carbonyl (C=O) groups excluding carboxylic acids is 1. The van der Waals surface area contributed by atoms with Crippen LogP contribution in [0.2, 0.25) is 0 Å². The van der Waals surface area contributed by atoms with Gasteiger partial charge in [0, 0.05) is 44.8 Å². The van der Waals surface area contributed by atoms with E-state index in [0.717, 1.165) is 76.0 Å². The molecule has 0 spiro atoms. The van der Waals surface area contributed by atoms with E-state index < -0.39 is 0 Å². The molecule has 4 rings (SSSR count). The summed E-state index contributed by atoms with van der Waals surface area (Å²) in [6, 6.07) is 0. The molecule has 1 aromatic rings. The Hall–Kier alpha value is -1.73. The first-order chi connectivity index (χ1) is 12.2. The quantitative estimate of drug-likeness (QED) is 0.781. The smallest absolute Gasteiger partial charge is 0.228 e. The van der Waals surface area contributed by atoms with Gasteiger partial charge in [0.25, 0.3) is 0 Å². The van der Waals surface area contributed by atoms with Crippen molar-refractivity contribution in [3.8, 4) is 0 Å². The second-order valence-electron chi connectivity index (χ2n) is 7.00. The highest BCUT2D eigenvalue weighted by molar-refractivity contribution is 5.79. The molecule has 0 N–H and O–H groups in total. The standard InChI is InChI=1S/C18H26N4O3/c1-13-19-16-3-6-22(18(23)14-4-9-25-12-14)5-2-15(16)17(20-13)21-7-10-24-11-8-21/h14H,2-12H2,1H3/t14-/m0/s1. The van der Waals surface area contributed by atoms with E-state index >= 15 is 0 Å². The third-order valence-electron chi connectivity index (χ3n) is 5.33. The van der Waals surface area contributed by atoms with Crippen LogP contribution < -0.4 is 4.90 Å². The predicted molar refractivity (Wildman–Crippen MR) is 92.7 cm³/mol. The van der Waals surface area contributed by atoms with E-state index in [2.05, 4.69) is 9.88 Å². The summed E-state index contributed by atoms with van der Waals surface area (Å²) in [4.78, 5) is 26.5. The average molecular weight is 346 g/mol. The zero-order chi connectivity index (χ0) is 17.2. The number of anilines is 1. The molecule has 2 saturated heterocycles. The van der Waals surface area contributed by atoms with Crippen LogP contribution in [0.15, 0.2) is 0 Å². The fourth-order valence-electron chi connectivity index (χ4n) is 3.94. The van der Waals surface area contributed by atoms with Gasteiger partial charge in [0.05, 0.1) is 31.4 Å². The van der Waals surface area contributed by atoms with Crippen molar-refractivity contribution < 1.29 is 14.3 Å². The van der Waals surface area contributed by atoms with Crippen molar-refractivity contribution in [2.45, 2.75) is 26.2 Å². The van der Waals surface area contributed by atoms with E-state index in [1.165, 1.54) is 5.56 Å². The SMILES string of the molecule is Cc1nc2c(c(N3CCOCC3)n1)CCN(C(=O)[C@H]1CCOC1)CC2. The zero-order valence-corrected chi connectivity index (χ0v) is 14.9. The van der Waals surface area contributed by atoms with E-state index in [1.807, 2.05) is 11.8 Å². The van der Waals surface area contributed by atoms with Crippen molar-refractivity contribution in [3.63, 3.8) is 0 Å². The van der Waals surface area contributed by atoms with E-state index in [0.29, 0.717) is 13.2 Å². The maximum atomic E-state index is 12.7. The summed E-state index contributed by atoms with van der Waals surface area (Å²) in [6.07, 6.45) is 2.47. The van der Waals surface area contributed by atoms with Crippen LogP contribution in [0.3, 0.4) is 0 Å².